The van der Waals surface area contributed by atoms with Gasteiger partial charge in [0.25, 0.3) is 0 Å². The van der Waals surface area contributed by atoms with Crippen molar-refractivity contribution >= 4 is 24.0 Å². The smallest absolute Gasteiger partial charge is 0.407 e. The van der Waals surface area contributed by atoms with E-state index in [2.05, 4.69) is 79.7 Å². The molecule has 424 valence electrons. The van der Waals surface area contributed by atoms with Gasteiger partial charge in [-0.15, -0.1) is 0 Å². The van der Waals surface area contributed by atoms with Crippen LogP contribution in [0.3, 0.4) is 0 Å². The van der Waals surface area contributed by atoms with Gasteiger partial charge in [-0.25, -0.2) is 9.78 Å². The third-order valence-electron chi connectivity index (χ3n) is 13.4. The molecule has 1 heterocycles. The van der Waals surface area contributed by atoms with E-state index in [4.69, 9.17) is 18.9 Å². The lowest BCUT2D eigenvalue weighted by atomic mass is 10.0. The van der Waals surface area contributed by atoms with E-state index in [0.717, 1.165) is 128 Å². The van der Waals surface area contributed by atoms with Crippen molar-refractivity contribution in [2.75, 3.05) is 19.8 Å². The molecular weight excluding hydrogens is 927 g/mol. The minimum absolute atomic E-state index is 0.00589. The fourth-order valence-electron chi connectivity index (χ4n) is 8.71. The molecule has 0 saturated carbocycles. The average molecular weight is 1040 g/mol. The Labute approximate surface area is 452 Å². The molecule has 0 aliphatic carbocycles. The fourth-order valence-corrected chi connectivity index (χ4v) is 8.71. The number of hydrogen-bond donors (Lipinski definition) is 1. The summed E-state index contributed by atoms with van der Waals surface area (Å²) in [5.74, 6) is -0.305. The molecule has 1 atom stereocenters. The summed E-state index contributed by atoms with van der Waals surface area (Å²) < 4.78 is 25.0. The third kappa shape index (κ3) is 45.3. The highest BCUT2D eigenvalue weighted by Gasteiger charge is 2.22. The van der Waals surface area contributed by atoms with Crippen molar-refractivity contribution in [3.8, 4) is 0 Å². The van der Waals surface area contributed by atoms with Crippen LogP contribution in [0, 0.1) is 6.92 Å². The fraction of sp³-hybridized carbons (Fsp3) is 0.762. The Hall–Kier alpha value is -4.15. The number of rotatable bonds is 52. The van der Waals surface area contributed by atoms with E-state index in [1.165, 1.54) is 96.3 Å². The molecule has 0 aromatic carbocycles. The van der Waals surface area contributed by atoms with Crippen molar-refractivity contribution in [1.82, 2.24) is 14.9 Å². The number of esters is 3. The van der Waals surface area contributed by atoms with Gasteiger partial charge in [-0.1, -0.05) is 191 Å². The molecule has 1 aromatic heterocycles. The van der Waals surface area contributed by atoms with Crippen LogP contribution in [0.15, 0.2) is 61.0 Å². The molecule has 0 aliphatic heterocycles. The van der Waals surface area contributed by atoms with Gasteiger partial charge < -0.3 is 28.8 Å². The second-order valence-corrected chi connectivity index (χ2v) is 20.4. The summed E-state index contributed by atoms with van der Waals surface area (Å²) >= 11 is 0. The molecular formula is C63H109N3O8. The number of nitrogens with zero attached hydrogens (tertiary/aromatic N) is 2. The minimum Gasteiger partial charge on any atom is -0.462 e. The van der Waals surface area contributed by atoms with Gasteiger partial charge in [0.2, 0.25) is 0 Å². The molecule has 1 amide bonds. The van der Waals surface area contributed by atoms with Gasteiger partial charge in [0.15, 0.2) is 6.10 Å². The van der Waals surface area contributed by atoms with Crippen LogP contribution in [0.4, 0.5) is 4.79 Å². The maximum Gasteiger partial charge on any atom is 0.407 e. The Bertz CT molecular complexity index is 1540. The number of alkyl carbamates (subject to hydrolysis) is 1. The molecule has 0 aliphatic rings. The zero-order valence-corrected chi connectivity index (χ0v) is 47.8. The van der Waals surface area contributed by atoms with Crippen LogP contribution in [-0.4, -0.2) is 65.5 Å². The van der Waals surface area contributed by atoms with Crippen LogP contribution in [-0.2, 0) is 39.9 Å². The number of carbonyl (C=O) groups excluding carboxylic acids is 4. The molecule has 74 heavy (non-hydrogen) atoms. The summed E-state index contributed by atoms with van der Waals surface area (Å²) in [4.78, 5) is 56.3. The largest absolute Gasteiger partial charge is 0.462 e. The highest BCUT2D eigenvalue weighted by molar-refractivity contribution is 5.71. The van der Waals surface area contributed by atoms with E-state index in [-0.39, 0.29) is 44.4 Å². The SMILES string of the molecule is CCCCC/C=C\C/C=C\CCCCCCCC(=O)OCC(COC(=O)CCCCCCC/C=C\C/C=C\CCCCC)OC(=O)CCC(CCCCCCCCCCCC)OC(=O)NCCCn1ccnc1C. The Morgan fingerprint density at radius 2 is 0.919 bits per heavy atom. The molecule has 1 N–H and O–H groups in total. The predicted octanol–water partition coefficient (Wildman–Crippen LogP) is 17.4. The highest BCUT2D eigenvalue weighted by atomic mass is 16.6. The molecule has 11 nitrogen and oxygen atoms in total. The first-order valence-corrected chi connectivity index (χ1v) is 30.3. The lowest BCUT2D eigenvalue weighted by Gasteiger charge is -2.20. The molecule has 0 fully saturated rings. The van der Waals surface area contributed by atoms with Gasteiger partial charge in [0, 0.05) is 44.7 Å². The van der Waals surface area contributed by atoms with Gasteiger partial charge in [0.05, 0.1) is 0 Å². The number of allylic oxidation sites excluding steroid dienone is 8. The zero-order chi connectivity index (χ0) is 53.6. The lowest BCUT2D eigenvalue weighted by molar-refractivity contribution is -0.167. The second kappa shape index (κ2) is 52.3. The van der Waals surface area contributed by atoms with Gasteiger partial charge in [-0.2, -0.15) is 0 Å². The van der Waals surface area contributed by atoms with E-state index in [1.807, 2.05) is 17.7 Å². The number of carbonyl (C=O) groups is 4. The Morgan fingerprint density at radius 3 is 1.39 bits per heavy atom. The van der Waals surface area contributed by atoms with E-state index < -0.39 is 24.3 Å². The van der Waals surface area contributed by atoms with E-state index in [1.54, 1.807) is 6.20 Å². The summed E-state index contributed by atoms with van der Waals surface area (Å²) in [6, 6.07) is 0. The topological polar surface area (TPSA) is 135 Å². The number of nitrogens with one attached hydrogen (secondary N) is 1. The quantitative estimate of drug-likeness (QED) is 0.0293. The van der Waals surface area contributed by atoms with E-state index in [9.17, 15) is 19.2 Å². The van der Waals surface area contributed by atoms with Crippen LogP contribution in [0.25, 0.3) is 0 Å². The van der Waals surface area contributed by atoms with Gasteiger partial charge in [-0.05, 0) is 110 Å². The Kier molecular flexibility index (Phi) is 48.0. The minimum atomic E-state index is -0.937. The summed E-state index contributed by atoms with van der Waals surface area (Å²) in [5, 5.41) is 2.88. The van der Waals surface area contributed by atoms with Gasteiger partial charge >= 0.3 is 24.0 Å². The van der Waals surface area contributed by atoms with Crippen LogP contribution >= 0.6 is 0 Å². The summed E-state index contributed by atoms with van der Waals surface area (Å²) in [7, 11) is 0. The first-order valence-electron chi connectivity index (χ1n) is 30.3. The lowest BCUT2D eigenvalue weighted by Crippen LogP contribution is -2.32. The molecule has 11 heteroatoms. The molecule has 0 saturated heterocycles. The normalized spacial score (nSPS) is 12.2. The second-order valence-electron chi connectivity index (χ2n) is 20.4. The molecule has 1 rings (SSSR count). The van der Waals surface area contributed by atoms with Crippen molar-refractivity contribution in [2.45, 2.75) is 290 Å². The number of hydrogen-bond acceptors (Lipinski definition) is 9. The first-order chi connectivity index (χ1) is 36.3. The number of aromatic nitrogens is 2. The third-order valence-corrected chi connectivity index (χ3v) is 13.4. The number of ether oxygens (including phenoxy) is 4. The molecule has 0 spiro atoms. The van der Waals surface area contributed by atoms with Gasteiger partial charge in [-0.3, -0.25) is 14.4 Å². The van der Waals surface area contributed by atoms with E-state index >= 15 is 0 Å². The number of unbranched alkanes of at least 4 members (excludes halogenated alkanes) is 25. The maximum atomic E-state index is 13.4. The van der Waals surface area contributed by atoms with Crippen molar-refractivity contribution in [1.29, 1.82) is 0 Å². The molecule has 1 unspecified atom stereocenters. The summed E-state index contributed by atoms with van der Waals surface area (Å²) in [6.07, 6.45) is 58.2. The van der Waals surface area contributed by atoms with Crippen LogP contribution in [0.5, 0.6) is 0 Å². The van der Waals surface area contributed by atoms with Crippen molar-refractivity contribution in [3.05, 3.63) is 66.8 Å². The Morgan fingerprint density at radius 1 is 0.486 bits per heavy atom. The van der Waals surface area contributed by atoms with Crippen LogP contribution < -0.4 is 5.32 Å². The summed E-state index contributed by atoms with van der Waals surface area (Å²) in [5.41, 5.74) is 0. The number of aryl methyl sites for hydroxylation is 2. The zero-order valence-electron chi connectivity index (χ0n) is 47.8. The van der Waals surface area contributed by atoms with Crippen molar-refractivity contribution in [2.24, 2.45) is 0 Å². The van der Waals surface area contributed by atoms with Crippen LogP contribution in [0.2, 0.25) is 0 Å². The van der Waals surface area contributed by atoms with Crippen molar-refractivity contribution < 1.29 is 38.1 Å². The standard InChI is InChI=1S/C63H109N3O8/c1-5-8-11-14-17-20-23-25-27-29-31-34-37-40-43-47-60(67)71-55-59(56-72-61(68)48-44-41-38-35-32-30-28-26-24-21-18-15-12-9-6-2)73-62(69)50-49-58(46-42-39-36-33-22-19-16-13-10-7-3)74-63(70)65-51-45-53-66-54-52-64-57(66)4/h17-18,20-21,25-28,52,54,58-59H,5-16,19,22-24,29-51,53,55-56H2,1-4H3,(H,65,70)/b20-17-,21-18-,27-25-,28-26-. The van der Waals surface area contributed by atoms with Gasteiger partial charge in [0.1, 0.15) is 25.1 Å². The maximum absolute atomic E-state index is 13.4. The van der Waals surface area contributed by atoms with E-state index in [0.29, 0.717) is 19.4 Å². The Balaban J connectivity index is 2.67. The predicted molar refractivity (Wildman–Crippen MR) is 306 cm³/mol. The average Bonchev–Trinajstić information content (AvgIpc) is 3.81. The molecule has 0 radical (unpaired) electrons. The first kappa shape index (κ1) is 67.9. The summed E-state index contributed by atoms with van der Waals surface area (Å²) in [6.45, 7) is 9.45. The number of amides is 1. The molecule has 1 aromatic rings. The molecule has 0 bridgehead atoms. The van der Waals surface area contributed by atoms with Crippen LogP contribution in [0.1, 0.15) is 271 Å². The monoisotopic (exact) mass is 1040 g/mol. The highest BCUT2D eigenvalue weighted by Crippen LogP contribution is 2.18. The number of imidazole rings is 1. The van der Waals surface area contributed by atoms with Crippen molar-refractivity contribution in [3.63, 3.8) is 0 Å².